The van der Waals surface area contributed by atoms with Gasteiger partial charge in [-0.2, -0.15) is 0 Å². The molecule has 0 aliphatic heterocycles. The number of hydrogen-bond donors (Lipinski definition) is 5. The number of rotatable bonds is 13. The Bertz CT molecular complexity index is 1090. The van der Waals surface area contributed by atoms with Crippen LogP contribution < -0.4 is 22.1 Å². The van der Waals surface area contributed by atoms with Crippen LogP contribution in [0, 0.1) is 0 Å². The van der Waals surface area contributed by atoms with E-state index in [0.29, 0.717) is 30.0 Å². The summed E-state index contributed by atoms with van der Waals surface area (Å²) in [6, 6.07) is 4.76. The van der Waals surface area contributed by atoms with Crippen molar-refractivity contribution in [1.82, 2.24) is 10.3 Å². The summed E-state index contributed by atoms with van der Waals surface area (Å²) < 4.78 is 0. The molecule has 1 aromatic carbocycles. The maximum atomic E-state index is 12.3. The van der Waals surface area contributed by atoms with Crippen LogP contribution in [0.25, 0.3) is 5.57 Å². The van der Waals surface area contributed by atoms with Gasteiger partial charge in [0.1, 0.15) is 0 Å². The fourth-order valence-electron chi connectivity index (χ4n) is 2.93. The lowest BCUT2D eigenvalue weighted by Crippen LogP contribution is -2.39. The third-order valence-corrected chi connectivity index (χ3v) is 6.16. The van der Waals surface area contributed by atoms with Crippen molar-refractivity contribution in [3.8, 4) is 0 Å². The summed E-state index contributed by atoms with van der Waals surface area (Å²) in [6.07, 6.45) is 7.58. The number of nitrogens with two attached hydrogens (primary N) is 2. The summed E-state index contributed by atoms with van der Waals surface area (Å²) in [4.78, 5) is 39.0. The molecule has 40 heavy (non-hydrogen) atoms. The number of hydrogen-bond acceptors (Lipinski definition) is 7. The molecule has 0 saturated heterocycles. The molecule has 0 aliphatic rings. The van der Waals surface area contributed by atoms with E-state index < -0.39 is 11.9 Å². The van der Waals surface area contributed by atoms with Crippen molar-refractivity contribution < 1.29 is 19.5 Å². The van der Waals surface area contributed by atoms with Crippen molar-refractivity contribution in [2.24, 2.45) is 11.5 Å². The Balaban J connectivity index is 0. The maximum Gasteiger partial charge on any atom is 0.241 e. The zero-order valence-electron chi connectivity index (χ0n) is 24.1. The largest absolute Gasteiger partial charge is 0.400 e. The van der Waals surface area contributed by atoms with Gasteiger partial charge in [0.2, 0.25) is 17.7 Å². The number of aromatic nitrogens is 1. The van der Waals surface area contributed by atoms with E-state index >= 15 is 0 Å². The van der Waals surface area contributed by atoms with Gasteiger partial charge in [-0.3, -0.25) is 19.4 Å². The number of carbonyl (C=O) groups is 3. The fourth-order valence-corrected chi connectivity index (χ4v) is 3.78. The van der Waals surface area contributed by atoms with Crippen LogP contribution in [-0.4, -0.2) is 48.0 Å². The summed E-state index contributed by atoms with van der Waals surface area (Å²) in [6.45, 7) is 13.6. The molecule has 0 radical (unpaired) electrons. The average Bonchev–Trinajstić information content (AvgIpc) is 3.47. The first kappa shape index (κ1) is 38.8. The Hall–Kier alpha value is -3.31. The van der Waals surface area contributed by atoms with Crippen molar-refractivity contribution in [2.75, 3.05) is 19.5 Å². The summed E-state index contributed by atoms with van der Waals surface area (Å²) in [5, 5.41) is 13.0. The van der Waals surface area contributed by atoms with Crippen molar-refractivity contribution in [3.05, 3.63) is 76.3 Å². The normalized spacial score (nSPS) is 10.5. The molecule has 3 amide bonds. The quantitative estimate of drug-likeness (QED) is 0.208. The van der Waals surface area contributed by atoms with E-state index in [1.807, 2.05) is 45.2 Å². The number of halogens is 1. The highest BCUT2D eigenvalue weighted by Crippen LogP contribution is 2.27. The van der Waals surface area contributed by atoms with Gasteiger partial charge in [-0.25, -0.2) is 0 Å². The molecule has 1 unspecified atom stereocenters. The van der Waals surface area contributed by atoms with Crippen LogP contribution in [0.4, 0.5) is 5.69 Å². The molecule has 2 aromatic rings. The third-order valence-electron chi connectivity index (χ3n) is 4.87. The van der Waals surface area contributed by atoms with Crippen LogP contribution in [0.5, 0.6) is 0 Å². The second-order valence-corrected chi connectivity index (χ2v) is 9.27. The van der Waals surface area contributed by atoms with Crippen LogP contribution in [0.2, 0.25) is 5.02 Å². The monoisotopic (exact) mass is 593 g/mol. The molecule has 2 rings (SSSR count). The number of carbonyl (C=O) groups excluding carboxylic acids is 3. The molecule has 1 aromatic heterocycles. The second kappa shape index (κ2) is 23.6. The zero-order chi connectivity index (χ0) is 31.1. The number of aryl methyl sites for hydroxylation is 1. The predicted octanol–water partition coefficient (Wildman–Crippen LogP) is 4.86. The number of nitrogens with zero attached hydrogens (tertiary/aromatic N) is 1. The minimum Gasteiger partial charge on any atom is -0.400 e. The summed E-state index contributed by atoms with van der Waals surface area (Å²) >= 11 is 7.91. The standard InChI is InChI=1S/C16H23ClN4O3.C10H11NS.C2H6.CH4O/c1-20-12(8-9-14(19)23)16(24)21-11-6-2-4-10(15(11)17)5-3-7-13(18)22;1-8(2)4-5-9(3)10-6-11-7-12-10;2*1-2/h2,4,6,12,20H,3,5,7-9H2,1H3,(H2,18,22)(H2,19,23)(H,21,24);4-7H,1,3H2,2H3;1-2H3;2H,1H3/b;5-4-;;. The molecule has 0 bridgehead atoms. The van der Waals surface area contributed by atoms with E-state index in [4.69, 9.17) is 28.2 Å². The highest BCUT2D eigenvalue weighted by atomic mass is 35.5. The van der Waals surface area contributed by atoms with Crippen LogP contribution >= 0.6 is 22.9 Å². The van der Waals surface area contributed by atoms with Crippen LogP contribution in [-0.2, 0) is 20.8 Å². The lowest BCUT2D eigenvalue weighted by Gasteiger charge is -2.17. The number of anilines is 1. The van der Waals surface area contributed by atoms with Crippen molar-refractivity contribution in [1.29, 1.82) is 0 Å². The predicted molar refractivity (Wildman–Crippen MR) is 168 cm³/mol. The number of benzene rings is 1. The van der Waals surface area contributed by atoms with Gasteiger partial charge in [0.05, 0.1) is 27.1 Å². The van der Waals surface area contributed by atoms with Crippen LogP contribution in [0.1, 0.15) is 56.9 Å². The molecule has 222 valence electrons. The first-order chi connectivity index (χ1) is 19.0. The van der Waals surface area contributed by atoms with Gasteiger partial charge in [-0.15, -0.1) is 11.3 Å². The van der Waals surface area contributed by atoms with Gasteiger partial charge >= 0.3 is 0 Å². The van der Waals surface area contributed by atoms with Gasteiger partial charge in [0, 0.05) is 26.1 Å². The Morgan fingerprint density at radius 1 is 1.12 bits per heavy atom. The Morgan fingerprint density at radius 2 is 1.75 bits per heavy atom. The van der Waals surface area contributed by atoms with Gasteiger partial charge in [0.15, 0.2) is 0 Å². The molecule has 0 spiro atoms. The molecule has 7 N–H and O–H groups in total. The van der Waals surface area contributed by atoms with E-state index in [-0.39, 0.29) is 24.7 Å². The van der Waals surface area contributed by atoms with Crippen molar-refractivity contribution in [2.45, 2.75) is 58.9 Å². The second-order valence-electron chi connectivity index (χ2n) is 8.00. The van der Waals surface area contributed by atoms with Gasteiger partial charge < -0.3 is 27.2 Å². The zero-order valence-corrected chi connectivity index (χ0v) is 25.7. The van der Waals surface area contributed by atoms with Crippen LogP contribution in [0.15, 0.2) is 60.8 Å². The van der Waals surface area contributed by atoms with E-state index in [0.717, 1.165) is 28.7 Å². The van der Waals surface area contributed by atoms with Crippen LogP contribution in [0.3, 0.4) is 0 Å². The number of primary amides is 2. The molecule has 9 nitrogen and oxygen atoms in total. The number of aliphatic hydroxyl groups is 1. The highest BCUT2D eigenvalue weighted by Gasteiger charge is 2.18. The Kier molecular flexibility index (Phi) is 22.9. The van der Waals surface area contributed by atoms with E-state index in [2.05, 4.69) is 28.8 Å². The number of amides is 3. The number of allylic oxidation sites excluding steroid dienone is 4. The lowest BCUT2D eigenvalue weighted by atomic mass is 10.1. The summed E-state index contributed by atoms with van der Waals surface area (Å²) in [5.74, 6) is -1.12. The molecular formula is C29H44ClN5O4S. The Labute approximate surface area is 247 Å². The minimum absolute atomic E-state index is 0.111. The molecule has 0 saturated carbocycles. The molecule has 1 heterocycles. The molecule has 1 atom stereocenters. The molecule has 11 heteroatoms. The van der Waals surface area contributed by atoms with Gasteiger partial charge in [0.25, 0.3) is 0 Å². The number of nitrogens with one attached hydrogen (secondary N) is 2. The number of likely N-dealkylation sites (N-methyl/N-ethyl adjacent to an activating group) is 1. The minimum atomic E-state index is -0.549. The van der Waals surface area contributed by atoms with E-state index in [9.17, 15) is 14.4 Å². The first-order valence-corrected chi connectivity index (χ1v) is 14.0. The fraction of sp³-hybridized carbons (Fsp3) is 0.379. The van der Waals surface area contributed by atoms with E-state index in [1.54, 1.807) is 36.0 Å². The third kappa shape index (κ3) is 17.3. The summed E-state index contributed by atoms with van der Waals surface area (Å²) in [5.41, 5.74) is 15.4. The molecule has 0 aliphatic carbocycles. The Morgan fingerprint density at radius 3 is 2.25 bits per heavy atom. The molecular weight excluding hydrogens is 550 g/mol. The first-order valence-electron chi connectivity index (χ1n) is 12.7. The smallest absolute Gasteiger partial charge is 0.241 e. The van der Waals surface area contributed by atoms with E-state index in [1.165, 1.54) is 0 Å². The van der Waals surface area contributed by atoms with Gasteiger partial charge in [-0.05, 0) is 50.4 Å². The average molecular weight is 594 g/mol. The van der Waals surface area contributed by atoms with Gasteiger partial charge in [-0.1, -0.05) is 68.5 Å². The highest BCUT2D eigenvalue weighted by molar-refractivity contribution is 7.10. The number of aliphatic hydroxyl groups excluding tert-OH is 1. The lowest BCUT2D eigenvalue weighted by molar-refractivity contribution is -0.120. The SMILES string of the molecule is C=C(C)/C=C\C(=C)c1cncs1.CC.CNC(CCC(N)=O)C(=O)Nc1cccc(CCCC(N)=O)c1Cl.CO. The molecule has 0 fully saturated rings. The summed E-state index contributed by atoms with van der Waals surface area (Å²) in [7, 11) is 2.63. The van der Waals surface area contributed by atoms with Crippen molar-refractivity contribution in [3.63, 3.8) is 0 Å². The maximum absolute atomic E-state index is 12.3. The van der Waals surface area contributed by atoms with Crippen molar-refractivity contribution >= 4 is 51.9 Å². The topological polar surface area (TPSA) is 160 Å². The number of thiazole rings is 1.